The SMILES string of the molecule is O=C(NCCCN1CCOC1=O)c1csc(-c2ccccc2Cl)n1. The molecule has 2 amide bonds. The van der Waals surface area contributed by atoms with E-state index in [0.29, 0.717) is 48.4 Å². The molecule has 126 valence electrons. The second-order valence-corrected chi connectivity index (χ2v) is 6.49. The fraction of sp³-hybridized carbons (Fsp3) is 0.312. The molecule has 0 bridgehead atoms. The molecule has 6 nitrogen and oxygen atoms in total. The van der Waals surface area contributed by atoms with Crippen LogP contribution in [0.2, 0.25) is 5.02 Å². The minimum atomic E-state index is -0.287. The zero-order chi connectivity index (χ0) is 16.9. The third-order valence-electron chi connectivity index (χ3n) is 3.58. The molecule has 8 heteroatoms. The summed E-state index contributed by atoms with van der Waals surface area (Å²) in [5.74, 6) is -0.228. The van der Waals surface area contributed by atoms with Crippen molar-refractivity contribution in [2.45, 2.75) is 6.42 Å². The van der Waals surface area contributed by atoms with Gasteiger partial charge in [-0.1, -0.05) is 29.8 Å². The third-order valence-corrected chi connectivity index (χ3v) is 4.78. The maximum absolute atomic E-state index is 12.1. The second kappa shape index (κ2) is 7.63. The number of cyclic esters (lactones) is 1. The quantitative estimate of drug-likeness (QED) is 0.799. The largest absolute Gasteiger partial charge is 0.448 e. The summed E-state index contributed by atoms with van der Waals surface area (Å²) in [4.78, 5) is 29.4. The van der Waals surface area contributed by atoms with Crippen LogP contribution < -0.4 is 5.32 Å². The van der Waals surface area contributed by atoms with Gasteiger partial charge in [-0.2, -0.15) is 0 Å². The highest BCUT2D eigenvalue weighted by Crippen LogP contribution is 2.29. The van der Waals surface area contributed by atoms with Gasteiger partial charge in [-0.15, -0.1) is 11.3 Å². The molecule has 1 saturated heterocycles. The standard InChI is InChI=1S/C16H16ClN3O3S/c17-12-5-2-1-4-11(12)15-19-13(10-24-15)14(21)18-6-3-7-20-8-9-23-16(20)22/h1-2,4-5,10H,3,6-9H2,(H,18,21). The van der Waals surface area contributed by atoms with E-state index in [4.69, 9.17) is 16.3 Å². The van der Waals surface area contributed by atoms with E-state index in [9.17, 15) is 9.59 Å². The van der Waals surface area contributed by atoms with Gasteiger partial charge in [0.25, 0.3) is 5.91 Å². The zero-order valence-corrected chi connectivity index (χ0v) is 14.4. The minimum Gasteiger partial charge on any atom is -0.448 e. The van der Waals surface area contributed by atoms with Crippen molar-refractivity contribution in [1.82, 2.24) is 15.2 Å². The Morgan fingerprint density at radius 3 is 3.00 bits per heavy atom. The monoisotopic (exact) mass is 365 g/mol. The van der Waals surface area contributed by atoms with Crippen molar-refractivity contribution in [3.63, 3.8) is 0 Å². The van der Waals surface area contributed by atoms with Gasteiger partial charge < -0.3 is 15.0 Å². The molecule has 2 aromatic rings. The van der Waals surface area contributed by atoms with Crippen LogP contribution in [-0.2, 0) is 4.74 Å². The highest BCUT2D eigenvalue weighted by atomic mass is 35.5. The Bertz CT molecular complexity index is 750. The highest BCUT2D eigenvalue weighted by molar-refractivity contribution is 7.13. The summed E-state index contributed by atoms with van der Waals surface area (Å²) >= 11 is 7.53. The number of nitrogens with zero attached hydrogens (tertiary/aromatic N) is 2. The fourth-order valence-electron chi connectivity index (χ4n) is 2.33. The van der Waals surface area contributed by atoms with Crippen LogP contribution in [0.1, 0.15) is 16.9 Å². The normalized spacial score (nSPS) is 13.9. The number of ether oxygens (including phenoxy) is 1. The summed E-state index contributed by atoms with van der Waals surface area (Å²) in [6.45, 7) is 2.09. The Hall–Kier alpha value is -2.12. The average molecular weight is 366 g/mol. The molecule has 2 heterocycles. The van der Waals surface area contributed by atoms with E-state index in [1.54, 1.807) is 16.3 Å². The first-order valence-electron chi connectivity index (χ1n) is 7.55. The summed E-state index contributed by atoms with van der Waals surface area (Å²) in [5.41, 5.74) is 1.19. The molecule has 1 fully saturated rings. The third kappa shape index (κ3) is 3.85. The number of amides is 2. The predicted molar refractivity (Wildman–Crippen MR) is 92.4 cm³/mol. The van der Waals surface area contributed by atoms with Gasteiger partial charge in [0.1, 0.15) is 17.3 Å². The molecular weight excluding hydrogens is 350 g/mol. The topological polar surface area (TPSA) is 71.5 Å². The number of carbonyl (C=O) groups is 2. The Balaban J connectivity index is 1.51. The molecule has 0 saturated carbocycles. The van der Waals surface area contributed by atoms with Gasteiger partial charge in [-0.25, -0.2) is 9.78 Å². The van der Waals surface area contributed by atoms with Gasteiger partial charge in [-0.05, 0) is 12.5 Å². The first-order chi connectivity index (χ1) is 11.6. The Morgan fingerprint density at radius 2 is 2.25 bits per heavy atom. The number of rotatable bonds is 6. The predicted octanol–water partition coefficient (Wildman–Crippen LogP) is 3.04. The van der Waals surface area contributed by atoms with Gasteiger partial charge in [0.05, 0.1) is 11.6 Å². The van der Waals surface area contributed by atoms with Gasteiger partial charge in [0.15, 0.2) is 0 Å². The molecule has 0 atom stereocenters. The minimum absolute atomic E-state index is 0.228. The van der Waals surface area contributed by atoms with Gasteiger partial charge in [-0.3, -0.25) is 4.79 Å². The van der Waals surface area contributed by atoms with E-state index < -0.39 is 0 Å². The van der Waals surface area contributed by atoms with Crippen molar-refractivity contribution in [2.75, 3.05) is 26.2 Å². The first kappa shape index (κ1) is 16.7. The van der Waals surface area contributed by atoms with E-state index in [2.05, 4.69) is 10.3 Å². The van der Waals surface area contributed by atoms with E-state index in [0.717, 1.165) is 5.56 Å². The summed E-state index contributed by atoms with van der Waals surface area (Å²) in [7, 11) is 0. The molecule has 1 aromatic heterocycles. The van der Waals surface area contributed by atoms with E-state index in [1.165, 1.54) is 11.3 Å². The number of benzene rings is 1. The van der Waals surface area contributed by atoms with Crippen molar-refractivity contribution < 1.29 is 14.3 Å². The van der Waals surface area contributed by atoms with Gasteiger partial charge in [0.2, 0.25) is 0 Å². The van der Waals surface area contributed by atoms with Crippen LogP contribution in [0.4, 0.5) is 4.79 Å². The highest BCUT2D eigenvalue weighted by Gasteiger charge is 2.21. The lowest BCUT2D eigenvalue weighted by atomic mass is 10.2. The Morgan fingerprint density at radius 1 is 1.42 bits per heavy atom. The van der Waals surface area contributed by atoms with Gasteiger partial charge >= 0.3 is 6.09 Å². The van der Waals surface area contributed by atoms with Crippen molar-refractivity contribution in [3.05, 3.63) is 40.4 Å². The van der Waals surface area contributed by atoms with Gasteiger partial charge in [0, 0.05) is 24.0 Å². The maximum Gasteiger partial charge on any atom is 0.409 e. The Kier molecular flexibility index (Phi) is 5.32. The molecule has 24 heavy (non-hydrogen) atoms. The lowest BCUT2D eigenvalue weighted by molar-refractivity contribution is 0.0948. The van der Waals surface area contributed by atoms with Crippen LogP contribution in [0.5, 0.6) is 0 Å². The van der Waals surface area contributed by atoms with Crippen molar-refractivity contribution >= 4 is 34.9 Å². The lowest BCUT2D eigenvalue weighted by Gasteiger charge is -2.12. The molecule has 1 aromatic carbocycles. The number of halogens is 1. The van der Waals surface area contributed by atoms with E-state index in [1.807, 2.05) is 18.2 Å². The van der Waals surface area contributed by atoms with Crippen LogP contribution >= 0.6 is 22.9 Å². The number of carbonyl (C=O) groups excluding carboxylic acids is 2. The average Bonchev–Trinajstić information content (AvgIpc) is 3.21. The van der Waals surface area contributed by atoms with Crippen LogP contribution in [0.15, 0.2) is 29.6 Å². The van der Waals surface area contributed by atoms with Crippen LogP contribution in [-0.4, -0.2) is 48.1 Å². The summed E-state index contributed by atoms with van der Waals surface area (Å²) in [5, 5.41) is 5.85. The van der Waals surface area contributed by atoms with E-state index >= 15 is 0 Å². The van der Waals surface area contributed by atoms with Crippen LogP contribution in [0, 0.1) is 0 Å². The molecule has 0 radical (unpaired) electrons. The molecule has 3 rings (SSSR count). The lowest BCUT2D eigenvalue weighted by Crippen LogP contribution is -2.30. The number of nitrogens with one attached hydrogen (secondary N) is 1. The summed E-state index contributed by atoms with van der Waals surface area (Å²) in [6.07, 6.45) is 0.382. The number of hydrogen-bond acceptors (Lipinski definition) is 5. The number of aromatic nitrogens is 1. The summed E-state index contributed by atoms with van der Waals surface area (Å²) < 4.78 is 4.85. The Labute approximate surface area is 148 Å². The van der Waals surface area contributed by atoms with Crippen LogP contribution in [0.25, 0.3) is 10.6 Å². The van der Waals surface area contributed by atoms with Crippen LogP contribution in [0.3, 0.4) is 0 Å². The molecule has 1 N–H and O–H groups in total. The van der Waals surface area contributed by atoms with Crippen molar-refractivity contribution in [2.24, 2.45) is 0 Å². The molecule has 1 aliphatic rings. The van der Waals surface area contributed by atoms with E-state index in [-0.39, 0.29) is 12.0 Å². The molecular formula is C16H16ClN3O3S. The zero-order valence-electron chi connectivity index (χ0n) is 12.8. The first-order valence-corrected chi connectivity index (χ1v) is 8.81. The second-order valence-electron chi connectivity index (χ2n) is 5.23. The maximum atomic E-state index is 12.1. The van der Waals surface area contributed by atoms with Crippen molar-refractivity contribution in [3.8, 4) is 10.6 Å². The summed E-state index contributed by atoms with van der Waals surface area (Å²) in [6, 6.07) is 7.40. The smallest absolute Gasteiger partial charge is 0.409 e. The molecule has 0 aliphatic carbocycles. The molecule has 0 spiro atoms. The molecule has 1 aliphatic heterocycles. The number of thiazole rings is 1. The number of hydrogen-bond donors (Lipinski definition) is 1. The van der Waals surface area contributed by atoms with Crippen molar-refractivity contribution in [1.29, 1.82) is 0 Å². The molecule has 0 unspecified atom stereocenters. The fourth-order valence-corrected chi connectivity index (χ4v) is 3.45.